The Labute approximate surface area is 140 Å². The van der Waals surface area contributed by atoms with Crippen LogP contribution in [0.3, 0.4) is 0 Å². The minimum absolute atomic E-state index is 0.0108. The molecule has 1 aromatic rings. The minimum atomic E-state index is -0.871. The van der Waals surface area contributed by atoms with Gasteiger partial charge in [-0.1, -0.05) is 11.5 Å². The molecule has 1 fully saturated rings. The van der Waals surface area contributed by atoms with Crippen LogP contribution in [0.5, 0.6) is 11.5 Å². The molecule has 0 radical (unpaired) electrons. The lowest BCUT2D eigenvalue weighted by Crippen LogP contribution is -2.43. The molecule has 2 aliphatic rings. The van der Waals surface area contributed by atoms with Gasteiger partial charge in [0.1, 0.15) is 23.7 Å². The summed E-state index contributed by atoms with van der Waals surface area (Å²) in [5.74, 6) is 1.21. The van der Waals surface area contributed by atoms with Crippen LogP contribution >= 0.6 is 0 Å². The summed E-state index contributed by atoms with van der Waals surface area (Å²) in [7, 11) is 0. The average Bonchev–Trinajstić information content (AvgIpc) is 2.58. The van der Waals surface area contributed by atoms with Gasteiger partial charge in [0.2, 0.25) is 0 Å². The highest BCUT2D eigenvalue weighted by molar-refractivity contribution is 6.00. The van der Waals surface area contributed by atoms with E-state index in [-0.39, 0.29) is 24.5 Å². The Morgan fingerprint density at radius 3 is 2.92 bits per heavy atom. The third kappa shape index (κ3) is 3.63. The Morgan fingerprint density at radius 1 is 1.38 bits per heavy atom. The van der Waals surface area contributed by atoms with Crippen LogP contribution in [0.2, 0.25) is 0 Å². The second-order valence-electron chi connectivity index (χ2n) is 6.48. The SMILES string of the molecule is [N-]=[N+]=NCC(O)COc1ccc2c(c1)OC1(CCCCC1)CC2=O. The number of Topliss-reactive ketones (excluding diaryl/α,β-unsaturated/α-hetero) is 1. The molecule has 0 bridgehead atoms. The average molecular weight is 331 g/mol. The summed E-state index contributed by atoms with van der Waals surface area (Å²) >= 11 is 0. The van der Waals surface area contributed by atoms with E-state index in [4.69, 9.17) is 15.0 Å². The number of rotatable bonds is 5. The first-order valence-electron chi connectivity index (χ1n) is 8.30. The van der Waals surface area contributed by atoms with E-state index in [0.717, 1.165) is 25.7 Å². The van der Waals surface area contributed by atoms with Gasteiger partial charge in [0, 0.05) is 11.0 Å². The van der Waals surface area contributed by atoms with Crippen molar-refractivity contribution in [2.75, 3.05) is 13.2 Å². The number of carbonyl (C=O) groups excluding carboxylic acids is 1. The van der Waals surface area contributed by atoms with Gasteiger partial charge in [-0.2, -0.15) is 0 Å². The molecule has 1 spiro atoms. The Kier molecular flexibility index (Phi) is 4.92. The molecule has 128 valence electrons. The van der Waals surface area contributed by atoms with Crippen LogP contribution in [-0.2, 0) is 0 Å². The van der Waals surface area contributed by atoms with Crippen LogP contribution in [-0.4, -0.2) is 35.7 Å². The lowest BCUT2D eigenvalue weighted by Gasteiger charge is -2.40. The number of nitrogens with zero attached hydrogens (tertiary/aromatic N) is 3. The highest BCUT2D eigenvalue weighted by Crippen LogP contribution is 2.42. The summed E-state index contributed by atoms with van der Waals surface area (Å²) in [6.45, 7) is -0.0313. The van der Waals surface area contributed by atoms with Crippen molar-refractivity contribution in [2.45, 2.75) is 50.2 Å². The first kappa shape index (κ1) is 16.6. The number of ketones is 1. The van der Waals surface area contributed by atoms with Gasteiger partial charge >= 0.3 is 0 Å². The van der Waals surface area contributed by atoms with E-state index < -0.39 is 6.10 Å². The Hall–Kier alpha value is -2.24. The number of ether oxygens (including phenoxy) is 2. The predicted octanol–water partition coefficient (Wildman–Crippen LogP) is 3.40. The highest BCUT2D eigenvalue weighted by atomic mass is 16.5. The zero-order chi connectivity index (χ0) is 17.0. The number of hydrogen-bond donors (Lipinski definition) is 1. The number of hydrogen-bond acceptors (Lipinski definition) is 5. The van der Waals surface area contributed by atoms with Gasteiger partial charge in [-0.15, -0.1) is 0 Å². The van der Waals surface area contributed by atoms with Gasteiger partial charge in [0.25, 0.3) is 0 Å². The second kappa shape index (κ2) is 7.11. The van der Waals surface area contributed by atoms with Crippen LogP contribution < -0.4 is 9.47 Å². The lowest BCUT2D eigenvalue weighted by atomic mass is 9.78. The summed E-state index contributed by atoms with van der Waals surface area (Å²) in [5.41, 5.74) is 8.47. The fraction of sp³-hybridized carbons (Fsp3) is 0.588. The maximum absolute atomic E-state index is 12.4. The first-order chi connectivity index (χ1) is 11.6. The van der Waals surface area contributed by atoms with Gasteiger partial charge in [-0.25, -0.2) is 0 Å². The summed E-state index contributed by atoms with van der Waals surface area (Å²) in [6, 6.07) is 5.12. The quantitative estimate of drug-likeness (QED) is 0.507. The number of azide groups is 1. The van der Waals surface area contributed by atoms with Crippen molar-refractivity contribution in [3.8, 4) is 11.5 Å². The van der Waals surface area contributed by atoms with Gasteiger partial charge in [-0.05, 0) is 43.3 Å². The normalized spacial score (nSPS) is 19.8. The fourth-order valence-corrected chi connectivity index (χ4v) is 3.42. The molecule has 1 aliphatic carbocycles. The van der Waals surface area contributed by atoms with Crippen molar-refractivity contribution >= 4 is 5.78 Å². The van der Waals surface area contributed by atoms with Crippen molar-refractivity contribution in [1.82, 2.24) is 0 Å². The van der Waals surface area contributed by atoms with E-state index in [1.54, 1.807) is 18.2 Å². The number of benzene rings is 1. The molecule has 24 heavy (non-hydrogen) atoms. The summed E-state index contributed by atoms with van der Waals surface area (Å²) in [4.78, 5) is 15.0. The number of carbonyl (C=O) groups is 1. The van der Waals surface area contributed by atoms with Gasteiger partial charge < -0.3 is 14.6 Å². The molecule has 1 aliphatic heterocycles. The molecule has 0 amide bonds. The Bertz CT molecular complexity index is 664. The molecular formula is C17H21N3O4. The molecule has 7 nitrogen and oxygen atoms in total. The molecular weight excluding hydrogens is 310 g/mol. The predicted molar refractivity (Wildman–Crippen MR) is 87.3 cm³/mol. The zero-order valence-electron chi connectivity index (χ0n) is 13.5. The van der Waals surface area contributed by atoms with Gasteiger partial charge in [0.05, 0.1) is 24.6 Å². The van der Waals surface area contributed by atoms with Crippen molar-refractivity contribution in [3.63, 3.8) is 0 Å². The molecule has 1 atom stereocenters. The van der Waals surface area contributed by atoms with E-state index in [1.165, 1.54) is 6.42 Å². The maximum atomic E-state index is 12.4. The number of aliphatic hydroxyl groups is 1. The van der Waals surface area contributed by atoms with Crippen LogP contribution in [0.15, 0.2) is 23.3 Å². The summed E-state index contributed by atoms with van der Waals surface area (Å²) in [5, 5.41) is 12.9. The maximum Gasteiger partial charge on any atom is 0.170 e. The molecule has 1 unspecified atom stereocenters. The van der Waals surface area contributed by atoms with Crippen molar-refractivity contribution < 1.29 is 19.4 Å². The van der Waals surface area contributed by atoms with Crippen LogP contribution in [0.4, 0.5) is 0 Å². The molecule has 0 saturated heterocycles. The molecule has 7 heteroatoms. The first-order valence-corrected chi connectivity index (χ1v) is 8.30. The molecule has 1 N–H and O–H groups in total. The third-order valence-corrected chi connectivity index (χ3v) is 4.63. The molecule has 1 saturated carbocycles. The smallest absolute Gasteiger partial charge is 0.170 e. The third-order valence-electron chi connectivity index (χ3n) is 4.63. The fourth-order valence-electron chi connectivity index (χ4n) is 3.42. The van der Waals surface area contributed by atoms with Crippen LogP contribution in [0.25, 0.3) is 10.4 Å². The van der Waals surface area contributed by atoms with Crippen molar-refractivity contribution in [1.29, 1.82) is 0 Å². The molecule has 0 aromatic heterocycles. The lowest BCUT2D eigenvalue weighted by molar-refractivity contribution is 0.0133. The Balaban J connectivity index is 1.71. The Morgan fingerprint density at radius 2 is 2.17 bits per heavy atom. The van der Waals surface area contributed by atoms with Gasteiger partial charge in [-0.3, -0.25) is 4.79 Å². The van der Waals surface area contributed by atoms with E-state index in [1.807, 2.05) is 0 Å². The molecule has 3 rings (SSSR count). The molecule has 1 aromatic carbocycles. The van der Waals surface area contributed by atoms with E-state index in [0.29, 0.717) is 23.5 Å². The summed E-state index contributed by atoms with van der Waals surface area (Å²) < 4.78 is 11.7. The largest absolute Gasteiger partial charge is 0.491 e. The zero-order valence-corrected chi connectivity index (χ0v) is 13.5. The molecule has 1 heterocycles. The number of aliphatic hydroxyl groups excluding tert-OH is 1. The van der Waals surface area contributed by atoms with Crippen LogP contribution in [0, 0.1) is 0 Å². The standard InChI is InChI=1S/C17H21N3O4/c18-20-19-10-12(21)11-23-13-4-5-14-15(22)9-17(24-16(14)8-13)6-2-1-3-7-17/h4-5,8,12,21H,1-3,6-7,9-11H2. The van der Waals surface area contributed by atoms with Gasteiger partial charge in [0.15, 0.2) is 5.78 Å². The van der Waals surface area contributed by atoms with Crippen LogP contribution in [0.1, 0.15) is 48.9 Å². The van der Waals surface area contributed by atoms with E-state index in [9.17, 15) is 9.90 Å². The van der Waals surface area contributed by atoms with E-state index >= 15 is 0 Å². The topological polar surface area (TPSA) is 105 Å². The number of fused-ring (bicyclic) bond motifs is 1. The second-order valence-corrected chi connectivity index (χ2v) is 6.48. The summed E-state index contributed by atoms with van der Waals surface area (Å²) in [6.07, 6.45) is 4.77. The minimum Gasteiger partial charge on any atom is -0.491 e. The monoisotopic (exact) mass is 331 g/mol. The van der Waals surface area contributed by atoms with Crippen molar-refractivity contribution in [2.24, 2.45) is 5.11 Å². The van der Waals surface area contributed by atoms with E-state index in [2.05, 4.69) is 10.0 Å². The highest BCUT2D eigenvalue weighted by Gasteiger charge is 2.41. The van der Waals surface area contributed by atoms with Crippen molar-refractivity contribution in [3.05, 3.63) is 34.2 Å².